The number of aliphatic hydroxyl groups is 1. The Morgan fingerprint density at radius 3 is 2.33 bits per heavy atom. The van der Waals surface area contributed by atoms with Gasteiger partial charge in [-0.3, -0.25) is 0 Å². The zero-order valence-corrected chi connectivity index (χ0v) is 11.1. The van der Waals surface area contributed by atoms with E-state index in [1.165, 1.54) is 0 Å². The van der Waals surface area contributed by atoms with Crippen molar-refractivity contribution in [3.63, 3.8) is 0 Å². The number of hydrogen-bond acceptors (Lipinski definition) is 4. The molecule has 0 bridgehead atoms. The van der Waals surface area contributed by atoms with E-state index in [1.807, 2.05) is 31.2 Å². The molecule has 18 heavy (non-hydrogen) atoms. The first kappa shape index (κ1) is 15.0. The number of ether oxygens (including phenoxy) is 3. The van der Waals surface area contributed by atoms with Gasteiger partial charge in [0.05, 0.1) is 25.9 Å². The molecule has 102 valence electrons. The quantitative estimate of drug-likeness (QED) is 0.686. The molecular formula is C14H22O4. The van der Waals surface area contributed by atoms with E-state index in [0.29, 0.717) is 32.8 Å². The second-order valence-corrected chi connectivity index (χ2v) is 3.95. The third-order valence-electron chi connectivity index (χ3n) is 2.58. The zero-order valence-electron chi connectivity index (χ0n) is 11.1. The monoisotopic (exact) mass is 254 g/mol. The molecule has 0 saturated heterocycles. The fraction of sp³-hybridized carbons (Fsp3) is 0.571. The minimum Gasteiger partial charge on any atom is -0.491 e. The van der Waals surface area contributed by atoms with E-state index in [1.54, 1.807) is 7.11 Å². The van der Waals surface area contributed by atoms with Crippen LogP contribution in [0, 0.1) is 0 Å². The molecule has 4 nitrogen and oxygen atoms in total. The summed E-state index contributed by atoms with van der Waals surface area (Å²) in [7, 11) is 1.64. The average molecular weight is 254 g/mol. The highest BCUT2D eigenvalue weighted by Gasteiger charge is 2.04. The van der Waals surface area contributed by atoms with Gasteiger partial charge in [-0.25, -0.2) is 0 Å². The van der Waals surface area contributed by atoms with E-state index in [-0.39, 0.29) is 0 Å². The summed E-state index contributed by atoms with van der Waals surface area (Å²) in [6, 6.07) is 7.50. The fourth-order valence-electron chi connectivity index (χ4n) is 1.48. The lowest BCUT2D eigenvalue weighted by molar-refractivity contribution is 0.0544. The van der Waals surface area contributed by atoms with Crippen molar-refractivity contribution in [2.45, 2.75) is 19.4 Å². The van der Waals surface area contributed by atoms with E-state index < -0.39 is 6.10 Å². The lowest BCUT2D eigenvalue weighted by atomic mass is 10.1. The summed E-state index contributed by atoms with van der Waals surface area (Å²) in [6.45, 7) is 4.19. The van der Waals surface area contributed by atoms with Crippen LogP contribution in [0.4, 0.5) is 0 Å². The third kappa shape index (κ3) is 5.49. The summed E-state index contributed by atoms with van der Waals surface area (Å²) in [5, 5.41) is 9.64. The van der Waals surface area contributed by atoms with Crippen LogP contribution in [0.5, 0.6) is 5.75 Å². The first-order valence-electron chi connectivity index (χ1n) is 6.25. The van der Waals surface area contributed by atoms with Gasteiger partial charge < -0.3 is 19.3 Å². The lowest BCUT2D eigenvalue weighted by Gasteiger charge is -2.10. The van der Waals surface area contributed by atoms with Crippen LogP contribution in [0.25, 0.3) is 0 Å². The van der Waals surface area contributed by atoms with Gasteiger partial charge in [-0.1, -0.05) is 19.1 Å². The SMILES string of the molecule is CC[C@@H](O)c1ccc(OCCOCCOC)cc1. The highest BCUT2D eigenvalue weighted by atomic mass is 16.5. The molecule has 1 atom stereocenters. The fourth-order valence-corrected chi connectivity index (χ4v) is 1.48. The van der Waals surface area contributed by atoms with Gasteiger partial charge in [0.2, 0.25) is 0 Å². The van der Waals surface area contributed by atoms with Crippen molar-refractivity contribution in [1.29, 1.82) is 0 Å². The van der Waals surface area contributed by atoms with Gasteiger partial charge >= 0.3 is 0 Å². The maximum atomic E-state index is 9.64. The molecule has 1 aromatic rings. The number of aliphatic hydroxyl groups excluding tert-OH is 1. The van der Waals surface area contributed by atoms with Crippen LogP contribution in [0.1, 0.15) is 25.0 Å². The molecule has 4 heteroatoms. The van der Waals surface area contributed by atoms with Crippen LogP contribution in [0.3, 0.4) is 0 Å². The van der Waals surface area contributed by atoms with Gasteiger partial charge in [0.25, 0.3) is 0 Å². The third-order valence-corrected chi connectivity index (χ3v) is 2.58. The maximum absolute atomic E-state index is 9.64. The van der Waals surface area contributed by atoms with Crippen molar-refractivity contribution in [1.82, 2.24) is 0 Å². The predicted molar refractivity (Wildman–Crippen MR) is 69.9 cm³/mol. The van der Waals surface area contributed by atoms with Gasteiger partial charge in [-0.05, 0) is 24.1 Å². The number of hydrogen-bond donors (Lipinski definition) is 1. The van der Waals surface area contributed by atoms with Gasteiger partial charge in [-0.2, -0.15) is 0 Å². The summed E-state index contributed by atoms with van der Waals surface area (Å²) in [6.07, 6.45) is 0.324. The molecule has 0 aromatic heterocycles. The molecule has 0 radical (unpaired) electrons. The summed E-state index contributed by atoms with van der Waals surface area (Å²) in [5.41, 5.74) is 0.918. The molecule has 0 aliphatic heterocycles. The van der Waals surface area contributed by atoms with E-state index in [2.05, 4.69) is 0 Å². The standard InChI is InChI=1S/C14H22O4/c1-3-14(15)12-4-6-13(7-5-12)18-11-10-17-9-8-16-2/h4-7,14-15H,3,8-11H2,1-2H3/t14-/m1/s1. The molecule has 0 aliphatic rings. The lowest BCUT2D eigenvalue weighted by Crippen LogP contribution is -2.10. The Morgan fingerprint density at radius 2 is 1.72 bits per heavy atom. The van der Waals surface area contributed by atoms with Gasteiger partial charge in [0.15, 0.2) is 0 Å². The molecule has 0 fully saturated rings. The van der Waals surface area contributed by atoms with E-state index in [4.69, 9.17) is 14.2 Å². The van der Waals surface area contributed by atoms with Crippen LogP contribution >= 0.6 is 0 Å². The minimum atomic E-state index is -0.392. The molecule has 1 rings (SSSR count). The minimum absolute atomic E-state index is 0.392. The Balaban J connectivity index is 2.22. The largest absolute Gasteiger partial charge is 0.491 e. The van der Waals surface area contributed by atoms with E-state index >= 15 is 0 Å². The normalized spacial score (nSPS) is 12.4. The summed E-state index contributed by atoms with van der Waals surface area (Å²) in [4.78, 5) is 0. The Bertz CT molecular complexity index is 310. The number of benzene rings is 1. The van der Waals surface area contributed by atoms with Crippen LogP contribution in [-0.2, 0) is 9.47 Å². The maximum Gasteiger partial charge on any atom is 0.119 e. The molecule has 0 aliphatic carbocycles. The van der Waals surface area contributed by atoms with Crippen LogP contribution in [0.2, 0.25) is 0 Å². The van der Waals surface area contributed by atoms with Gasteiger partial charge in [0.1, 0.15) is 12.4 Å². The molecule has 0 spiro atoms. The highest BCUT2D eigenvalue weighted by molar-refractivity contribution is 5.28. The molecule has 0 amide bonds. The summed E-state index contributed by atoms with van der Waals surface area (Å²) < 4.78 is 15.7. The second-order valence-electron chi connectivity index (χ2n) is 3.95. The Labute approximate surface area is 108 Å². The number of methoxy groups -OCH3 is 1. The van der Waals surface area contributed by atoms with Gasteiger partial charge in [-0.15, -0.1) is 0 Å². The molecule has 1 aromatic carbocycles. The molecule has 0 unspecified atom stereocenters. The van der Waals surface area contributed by atoms with Crippen LogP contribution < -0.4 is 4.74 Å². The van der Waals surface area contributed by atoms with Crippen LogP contribution in [0.15, 0.2) is 24.3 Å². The van der Waals surface area contributed by atoms with Crippen molar-refractivity contribution in [3.05, 3.63) is 29.8 Å². The molecular weight excluding hydrogens is 232 g/mol. The smallest absolute Gasteiger partial charge is 0.119 e. The molecule has 0 saturated carbocycles. The zero-order chi connectivity index (χ0) is 13.2. The molecule has 0 heterocycles. The highest BCUT2D eigenvalue weighted by Crippen LogP contribution is 2.19. The van der Waals surface area contributed by atoms with E-state index in [9.17, 15) is 5.11 Å². The topological polar surface area (TPSA) is 47.9 Å². The first-order chi connectivity index (χ1) is 8.77. The number of rotatable bonds is 9. The van der Waals surface area contributed by atoms with Crippen LogP contribution in [-0.4, -0.2) is 38.6 Å². The van der Waals surface area contributed by atoms with Crippen molar-refractivity contribution < 1.29 is 19.3 Å². The predicted octanol–water partition coefficient (Wildman–Crippen LogP) is 2.17. The average Bonchev–Trinajstić information content (AvgIpc) is 2.42. The van der Waals surface area contributed by atoms with E-state index in [0.717, 1.165) is 11.3 Å². The molecule has 1 N–H and O–H groups in total. The van der Waals surface area contributed by atoms with Crippen molar-refractivity contribution >= 4 is 0 Å². The Hall–Kier alpha value is -1.10. The van der Waals surface area contributed by atoms with Crippen molar-refractivity contribution in [2.24, 2.45) is 0 Å². The Morgan fingerprint density at radius 1 is 1.06 bits per heavy atom. The second kappa shape index (κ2) is 8.91. The first-order valence-corrected chi connectivity index (χ1v) is 6.25. The van der Waals surface area contributed by atoms with Crippen molar-refractivity contribution in [2.75, 3.05) is 33.5 Å². The Kier molecular flexibility index (Phi) is 7.41. The summed E-state index contributed by atoms with van der Waals surface area (Å²) in [5.74, 6) is 0.789. The van der Waals surface area contributed by atoms with Gasteiger partial charge in [0, 0.05) is 7.11 Å². The summed E-state index contributed by atoms with van der Waals surface area (Å²) >= 11 is 0. The van der Waals surface area contributed by atoms with Crippen molar-refractivity contribution in [3.8, 4) is 5.75 Å².